The molecule has 0 amide bonds. The van der Waals surface area contributed by atoms with E-state index in [1.54, 1.807) is 12.1 Å². The van der Waals surface area contributed by atoms with E-state index < -0.39 is 16.1 Å². The number of benzene rings is 2. The van der Waals surface area contributed by atoms with Gasteiger partial charge >= 0.3 is 0 Å². The Morgan fingerprint density at radius 2 is 1.65 bits per heavy atom. The van der Waals surface area contributed by atoms with E-state index in [2.05, 4.69) is 22.6 Å². The van der Waals surface area contributed by atoms with Gasteiger partial charge in [-0.1, -0.05) is 43.2 Å². The second-order valence-electron chi connectivity index (χ2n) is 6.85. The van der Waals surface area contributed by atoms with Gasteiger partial charge in [0.05, 0.1) is 11.0 Å². The first kappa shape index (κ1) is 19.8. The molecule has 2 unspecified atom stereocenters. The maximum absolute atomic E-state index is 13.3. The van der Waals surface area contributed by atoms with Crippen LogP contribution in [-0.2, 0) is 16.6 Å². The van der Waals surface area contributed by atoms with Gasteiger partial charge in [0, 0.05) is 16.7 Å². The Balaban J connectivity index is 1.89. The predicted molar refractivity (Wildman–Crippen MR) is 111 cm³/mol. The standard InChI is InChI=1S/C20H24INO3S/c21-18-10-12-19(13-11-18)26(24,25)22(14-16-6-2-1-3-7-16)15-17-8-4-5-9-20(17)23/h1-3,6-7,10-13,17,20,23H,4-5,8-9,14-15H2. The number of aliphatic hydroxyl groups excluding tert-OH is 1. The van der Waals surface area contributed by atoms with Gasteiger partial charge in [-0.15, -0.1) is 0 Å². The van der Waals surface area contributed by atoms with Crippen LogP contribution in [0.4, 0.5) is 0 Å². The van der Waals surface area contributed by atoms with Gasteiger partial charge in [0.25, 0.3) is 0 Å². The molecular weight excluding hydrogens is 461 g/mol. The third-order valence-electron chi connectivity index (χ3n) is 4.96. The molecule has 140 valence electrons. The lowest BCUT2D eigenvalue weighted by Crippen LogP contribution is -2.40. The highest BCUT2D eigenvalue weighted by Crippen LogP contribution is 2.28. The van der Waals surface area contributed by atoms with E-state index in [0.717, 1.165) is 34.8 Å². The maximum Gasteiger partial charge on any atom is 0.243 e. The lowest BCUT2D eigenvalue weighted by molar-refractivity contribution is 0.0588. The van der Waals surface area contributed by atoms with Crippen LogP contribution in [0, 0.1) is 9.49 Å². The molecular formula is C20H24INO3S. The summed E-state index contributed by atoms with van der Waals surface area (Å²) >= 11 is 2.17. The van der Waals surface area contributed by atoms with Crippen molar-refractivity contribution in [2.24, 2.45) is 5.92 Å². The molecule has 1 N–H and O–H groups in total. The van der Waals surface area contributed by atoms with E-state index in [1.807, 2.05) is 42.5 Å². The molecule has 2 aromatic rings. The third kappa shape index (κ3) is 4.85. The number of hydrogen-bond donors (Lipinski definition) is 1. The van der Waals surface area contributed by atoms with Crippen LogP contribution < -0.4 is 0 Å². The SMILES string of the molecule is O=S(=O)(c1ccc(I)cc1)N(Cc1ccccc1)CC1CCCCC1O. The molecule has 1 fully saturated rings. The molecule has 1 aliphatic rings. The van der Waals surface area contributed by atoms with Crippen LogP contribution in [0.15, 0.2) is 59.5 Å². The second-order valence-corrected chi connectivity index (χ2v) is 10.0. The molecule has 3 rings (SSSR count). The van der Waals surface area contributed by atoms with Crippen LogP contribution in [0.2, 0.25) is 0 Å². The summed E-state index contributed by atoms with van der Waals surface area (Å²) in [7, 11) is -3.62. The fourth-order valence-corrected chi connectivity index (χ4v) is 5.30. The van der Waals surface area contributed by atoms with Crippen LogP contribution in [0.1, 0.15) is 31.2 Å². The molecule has 0 spiro atoms. The van der Waals surface area contributed by atoms with Gasteiger partial charge in [-0.25, -0.2) is 8.42 Å². The van der Waals surface area contributed by atoms with E-state index in [0.29, 0.717) is 18.0 Å². The molecule has 26 heavy (non-hydrogen) atoms. The molecule has 0 aromatic heterocycles. The number of halogens is 1. The number of aliphatic hydroxyl groups is 1. The smallest absolute Gasteiger partial charge is 0.243 e. The van der Waals surface area contributed by atoms with E-state index in [1.165, 1.54) is 4.31 Å². The third-order valence-corrected chi connectivity index (χ3v) is 7.51. The zero-order valence-electron chi connectivity index (χ0n) is 14.6. The lowest BCUT2D eigenvalue weighted by atomic mass is 9.86. The Hall–Kier alpha value is -0.960. The molecule has 6 heteroatoms. The molecule has 1 aliphatic carbocycles. The molecule has 0 aliphatic heterocycles. The highest BCUT2D eigenvalue weighted by molar-refractivity contribution is 14.1. The van der Waals surface area contributed by atoms with Crippen LogP contribution in [0.5, 0.6) is 0 Å². The lowest BCUT2D eigenvalue weighted by Gasteiger charge is -2.32. The number of nitrogens with zero attached hydrogens (tertiary/aromatic N) is 1. The fourth-order valence-electron chi connectivity index (χ4n) is 3.45. The Morgan fingerprint density at radius 1 is 1.00 bits per heavy atom. The van der Waals surface area contributed by atoms with E-state index >= 15 is 0 Å². The molecule has 4 nitrogen and oxygen atoms in total. The van der Waals surface area contributed by atoms with Crippen molar-refractivity contribution in [1.29, 1.82) is 0 Å². The average Bonchev–Trinajstić information content (AvgIpc) is 2.64. The van der Waals surface area contributed by atoms with Crippen LogP contribution in [-0.4, -0.2) is 30.5 Å². The van der Waals surface area contributed by atoms with Crippen molar-refractivity contribution in [2.45, 2.75) is 43.2 Å². The number of sulfonamides is 1. The minimum absolute atomic E-state index is 0.00825. The first-order valence-electron chi connectivity index (χ1n) is 8.94. The largest absolute Gasteiger partial charge is 0.393 e. The molecule has 1 saturated carbocycles. The minimum Gasteiger partial charge on any atom is -0.393 e. The van der Waals surface area contributed by atoms with Crippen molar-refractivity contribution in [3.05, 3.63) is 63.7 Å². The Morgan fingerprint density at radius 3 is 2.31 bits per heavy atom. The van der Waals surface area contributed by atoms with E-state index in [9.17, 15) is 13.5 Å². The number of hydrogen-bond acceptors (Lipinski definition) is 3. The normalized spacial score (nSPS) is 21.0. The summed E-state index contributed by atoms with van der Waals surface area (Å²) in [5.74, 6) is -0.00825. The van der Waals surface area contributed by atoms with Crippen molar-refractivity contribution in [2.75, 3.05) is 6.54 Å². The van der Waals surface area contributed by atoms with Crippen molar-refractivity contribution in [1.82, 2.24) is 4.31 Å². The monoisotopic (exact) mass is 485 g/mol. The van der Waals surface area contributed by atoms with Crippen molar-refractivity contribution < 1.29 is 13.5 Å². The van der Waals surface area contributed by atoms with Crippen LogP contribution >= 0.6 is 22.6 Å². The van der Waals surface area contributed by atoms with Crippen molar-refractivity contribution in [3.63, 3.8) is 0 Å². The predicted octanol–water partition coefficient (Wildman–Crippen LogP) is 4.03. The minimum atomic E-state index is -3.62. The van der Waals surface area contributed by atoms with Gasteiger partial charge in [0.15, 0.2) is 0 Å². The summed E-state index contributed by atoms with van der Waals surface area (Å²) in [6, 6.07) is 16.6. The Labute approximate surface area is 169 Å². The summed E-state index contributed by atoms with van der Waals surface area (Å²) in [5.41, 5.74) is 0.951. The highest BCUT2D eigenvalue weighted by Gasteiger charge is 2.31. The van der Waals surface area contributed by atoms with Gasteiger partial charge in [-0.2, -0.15) is 4.31 Å². The van der Waals surface area contributed by atoms with Crippen molar-refractivity contribution >= 4 is 32.6 Å². The molecule has 0 bridgehead atoms. The highest BCUT2D eigenvalue weighted by atomic mass is 127. The summed E-state index contributed by atoms with van der Waals surface area (Å²) < 4.78 is 29.1. The maximum atomic E-state index is 13.3. The quantitative estimate of drug-likeness (QED) is 0.629. The summed E-state index contributed by atoms with van der Waals surface area (Å²) in [6.07, 6.45) is 3.27. The molecule has 0 heterocycles. The fraction of sp³-hybridized carbons (Fsp3) is 0.400. The van der Waals surface area contributed by atoms with E-state index in [4.69, 9.17) is 0 Å². The van der Waals surface area contributed by atoms with Crippen molar-refractivity contribution in [3.8, 4) is 0 Å². The molecule has 2 atom stereocenters. The van der Waals surface area contributed by atoms with Gasteiger partial charge in [-0.05, 0) is 71.2 Å². The van der Waals surface area contributed by atoms with Gasteiger partial charge in [-0.3, -0.25) is 0 Å². The molecule has 0 saturated heterocycles. The first-order chi connectivity index (χ1) is 12.5. The van der Waals surface area contributed by atoms with Gasteiger partial charge in [0.1, 0.15) is 0 Å². The molecule has 0 radical (unpaired) electrons. The zero-order chi connectivity index (χ0) is 18.6. The Kier molecular flexibility index (Phi) is 6.71. The van der Waals surface area contributed by atoms with Gasteiger partial charge in [0.2, 0.25) is 10.0 Å². The topological polar surface area (TPSA) is 57.6 Å². The average molecular weight is 485 g/mol. The van der Waals surface area contributed by atoms with E-state index in [-0.39, 0.29) is 5.92 Å². The van der Waals surface area contributed by atoms with Gasteiger partial charge < -0.3 is 5.11 Å². The molecule has 2 aromatic carbocycles. The number of rotatable bonds is 6. The van der Waals surface area contributed by atoms with Crippen LogP contribution in [0.25, 0.3) is 0 Å². The second kappa shape index (κ2) is 8.82. The Bertz CT molecular complexity index is 809. The first-order valence-corrected chi connectivity index (χ1v) is 11.5. The summed E-state index contributed by atoms with van der Waals surface area (Å²) in [4.78, 5) is 0.305. The van der Waals surface area contributed by atoms with Crippen LogP contribution in [0.3, 0.4) is 0 Å². The zero-order valence-corrected chi connectivity index (χ0v) is 17.6. The summed E-state index contributed by atoms with van der Waals surface area (Å²) in [5, 5.41) is 10.3. The summed E-state index contributed by atoms with van der Waals surface area (Å²) in [6.45, 7) is 0.669.